The number of unbranched alkanes of at least 4 members (excludes halogenated alkanes) is 29. The molecule has 0 amide bonds. The third-order valence-electron chi connectivity index (χ3n) is 12.0. The molecule has 0 aliphatic heterocycles. The van der Waals surface area contributed by atoms with Gasteiger partial charge in [-0.3, -0.25) is 23.4 Å². The normalized spacial score (nSPS) is 13.7. The second kappa shape index (κ2) is 51.1. The minimum atomic E-state index is -4.74. The van der Waals surface area contributed by atoms with Gasteiger partial charge in [0.15, 0.2) is 6.10 Å². The molecule has 0 radical (unpaired) electrons. The van der Waals surface area contributed by atoms with Gasteiger partial charge < -0.3 is 24.2 Å². The van der Waals surface area contributed by atoms with Crippen molar-refractivity contribution in [2.75, 3.05) is 26.4 Å². The lowest BCUT2D eigenvalue weighted by molar-refractivity contribution is -0.161. The Bertz CT molecular complexity index is 1280. The molecular weight excluding hydrogens is 880 g/mol. The van der Waals surface area contributed by atoms with E-state index in [9.17, 15) is 28.9 Å². The lowest BCUT2D eigenvalue weighted by Gasteiger charge is -2.21. The average molecular weight is 983 g/mol. The van der Waals surface area contributed by atoms with E-state index >= 15 is 0 Å². The number of rotatable bonds is 52. The number of phosphoric acid groups is 1. The molecule has 0 aromatic carbocycles. The Hall–Kier alpha value is -2.30. The summed E-state index contributed by atoms with van der Waals surface area (Å²) in [5, 5.41) is 9.77. The minimum absolute atomic E-state index is 0.169. The number of ether oxygens (including phenoxy) is 3. The number of hydrogen-bond donors (Lipinski definition) is 2. The van der Waals surface area contributed by atoms with Crippen molar-refractivity contribution in [3.63, 3.8) is 0 Å². The Balaban J connectivity index is 4.71. The molecule has 12 heteroatoms. The van der Waals surface area contributed by atoms with E-state index in [1.807, 2.05) is 0 Å². The molecule has 68 heavy (non-hydrogen) atoms. The van der Waals surface area contributed by atoms with Crippen LogP contribution in [0.5, 0.6) is 0 Å². The average Bonchev–Trinajstić information content (AvgIpc) is 3.32. The molecule has 11 nitrogen and oxygen atoms in total. The number of allylic oxidation sites excluding steroid dienone is 6. The number of carbonyl (C=O) groups excluding carboxylic acids is 3. The van der Waals surface area contributed by atoms with Crippen molar-refractivity contribution in [3.8, 4) is 0 Å². The van der Waals surface area contributed by atoms with Crippen molar-refractivity contribution < 1.29 is 52.2 Å². The van der Waals surface area contributed by atoms with Gasteiger partial charge in [0.25, 0.3) is 0 Å². The predicted octanol–water partition coefficient (Wildman–Crippen LogP) is 16.0. The standard InChI is InChI=1S/C56H103O11P/c1-4-7-10-13-16-19-22-24-25-26-27-29-31-33-36-39-42-45-54(58)63-49-53(67-56(60)47-44-41-38-35-32-28-23-20-17-14-11-8-5-2)51-65-68(61,62)64-50-52(48-57)66-55(59)46-43-40-37-34-30-21-18-15-12-9-6-3/h15-16,18-19,24-25,52-53,57H,4-14,17,20-23,26-51H2,1-3H3,(H,61,62)/b18-15-,19-16-,25-24-. The largest absolute Gasteiger partial charge is 0.472 e. The molecule has 0 aliphatic rings. The Kier molecular flexibility index (Phi) is 49.3. The van der Waals surface area contributed by atoms with E-state index in [0.717, 1.165) is 89.9 Å². The van der Waals surface area contributed by atoms with Crippen LogP contribution in [0.15, 0.2) is 36.5 Å². The molecule has 3 atom stereocenters. The molecule has 3 unspecified atom stereocenters. The van der Waals surface area contributed by atoms with Gasteiger partial charge in [0.05, 0.1) is 19.8 Å². The van der Waals surface area contributed by atoms with E-state index in [1.54, 1.807) is 0 Å². The van der Waals surface area contributed by atoms with Crippen LogP contribution in [-0.4, -0.2) is 66.5 Å². The number of aliphatic hydroxyl groups excluding tert-OH is 1. The van der Waals surface area contributed by atoms with Crippen molar-refractivity contribution >= 4 is 25.7 Å². The molecular formula is C56H103O11P. The van der Waals surface area contributed by atoms with Crippen molar-refractivity contribution in [3.05, 3.63) is 36.5 Å². The number of carbonyl (C=O) groups is 3. The van der Waals surface area contributed by atoms with Crippen LogP contribution in [0.2, 0.25) is 0 Å². The molecule has 398 valence electrons. The molecule has 0 heterocycles. The molecule has 2 N–H and O–H groups in total. The van der Waals surface area contributed by atoms with Gasteiger partial charge in [-0.1, -0.05) is 211 Å². The number of hydrogen-bond acceptors (Lipinski definition) is 10. The van der Waals surface area contributed by atoms with E-state index < -0.39 is 57.8 Å². The first kappa shape index (κ1) is 65.7. The predicted molar refractivity (Wildman–Crippen MR) is 279 cm³/mol. The summed E-state index contributed by atoms with van der Waals surface area (Å²) in [6.45, 7) is 4.58. The first-order chi connectivity index (χ1) is 33.2. The van der Waals surface area contributed by atoms with Crippen LogP contribution in [-0.2, 0) is 42.2 Å². The van der Waals surface area contributed by atoms with Crippen LogP contribution in [0.4, 0.5) is 0 Å². The van der Waals surface area contributed by atoms with Gasteiger partial charge >= 0.3 is 25.7 Å². The molecule has 0 rings (SSSR count). The fourth-order valence-electron chi connectivity index (χ4n) is 7.72. The fraction of sp³-hybridized carbons (Fsp3) is 0.839. The molecule has 0 aromatic rings. The zero-order valence-corrected chi connectivity index (χ0v) is 44.7. The van der Waals surface area contributed by atoms with Crippen LogP contribution in [0, 0.1) is 0 Å². The Labute approximate surface area is 416 Å². The molecule has 0 aliphatic carbocycles. The topological polar surface area (TPSA) is 155 Å². The monoisotopic (exact) mass is 983 g/mol. The third kappa shape index (κ3) is 48.7. The smallest absolute Gasteiger partial charge is 0.462 e. The summed E-state index contributed by atoms with van der Waals surface area (Å²) in [6, 6.07) is 0. The van der Waals surface area contributed by atoms with Crippen LogP contribution in [0.3, 0.4) is 0 Å². The Morgan fingerprint density at radius 2 is 0.735 bits per heavy atom. The highest BCUT2D eigenvalue weighted by molar-refractivity contribution is 7.47. The Morgan fingerprint density at radius 3 is 1.18 bits per heavy atom. The van der Waals surface area contributed by atoms with Gasteiger partial charge in [0.1, 0.15) is 12.7 Å². The van der Waals surface area contributed by atoms with Crippen molar-refractivity contribution in [1.29, 1.82) is 0 Å². The SMILES string of the molecule is CCCC/C=C\CCCCCCCC(=O)OC(CO)COP(=O)(O)OCC(COC(=O)CCCCCCCCC/C=C\C/C=C\CCCCC)OC(=O)CCCCCCCCCCCCCCC. The first-order valence-corrected chi connectivity index (χ1v) is 29.4. The van der Waals surface area contributed by atoms with E-state index in [-0.39, 0.29) is 25.9 Å². The van der Waals surface area contributed by atoms with Crippen molar-refractivity contribution in [2.45, 2.75) is 277 Å². The maximum Gasteiger partial charge on any atom is 0.472 e. The second-order valence-corrected chi connectivity index (χ2v) is 20.2. The number of aliphatic hydroxyl groups is 1. The van der Waals surface area contributed by atoms with E-state index in [4.69, 9.17) is 23.3 Å². The van der Waals surface area contributed by atoms with Crippen LogP contribution in [0.25, 0.3) is 0 Å². The molecule has 0 fully saturated rings. The van der Waals surface area contributed by atoms with E-state index in [2.05, 4.69) is 57.2 Å². The first-order valence-electron chi connectivity index (χ1n) is 27.9. The fourth-order valence-corrected chi connectivity index (χ4v) is 8.50. The summed E-state index contributed by atoms with van der Waals surface area (Å²) in [5.74, 6) is -1.47. The van der Waals surface area contributed by atoms with Gasteiger partial charge in [-0.15, -0.1) is 0 Å². The molecule has 0 saturated heterocycles. The summed E-state index contributed by atoms with van der Waals surface area (Å²) >= 11 is 0. The summed E-state index contributed by atoms with van der Waals surface area (Å²) in [6.07, 6.45) is 51.0. The zero-order valence-electron chi connectivity index (χ0n) is 43.8. The van der Waals surface area contributed by atoms with Gasteiger partial charge in [0.2, 0.25) is 0 Å². The molecule has 0 aromatic heterocycles. The zero-order chi connectivity index (χ0) is 49.9. The third-order valence-corrected chi connectivity index (χ3v) is 13.0. The van der Waals surface area contributed by atoms with Gasteiger partial charge in [-0.05, 0) is 70.6 Å². The van der Waals surface area contributed by atoms with E-state index in [0.29, 0.717) is 19.3 Å². The lowest BCUT2D eigenvalue weighted by Crippen LogP contribution is -2.30. The maximum atomic E-state index is 12.9. The summed E-state index contributed by atoms with van der Waals surface area (Å²) in [5.41, 5.74) is 0. The molecule has 0 saturated carbocycles. The summed E-state index contributed by atoms with van der Waals surface area (Å²) < 4.78 is 39.4. The van der Waals surface area contributed by atoms with Crippen molar-refractivity contribution in [2.24, 2.45) is 0 Å². The van der Waals surface area contributed by atoms with Crippen molar-refractivity contribution in [1.82, 2.24) is 0 Å². The van der Waals surface area contributed by atoms with Crippen LogP contribution in [0.1, 0.15) is 265 Å². The minimum Gasteiger partial charge on any atom is -0.462 e. The summed E-state index contributed by atoms with van der Waals surface area (Å²) in [7, 11) is -4.74. The highest BCUT2D eigenvalue weighted by Gasteiger charge is 2.28. The van der Waals surface area contributed by atoms with Crippen LogP contribution < -0.4 is 0 Å². The number of esters is 3. The maximum absolute atomic E-state index is 12.9. The quantitative estimate of drug-likeness (QED) is 0.0197. The van der Waals surface area contributed by atoms with Crippen LogP contribution >= 0.6 is 7.82 Å². The van der Waals surface area contributed by atoms with Gasteiger partial charge in [0, 0.05) is 19.3 Å². The van der Waals surface area contributed by atoms with Gasteiger partial charge in [-0.25, -0.2) is 4.57 Å². The molecule has 0 spiro atoms. The molecule has 0 bridgehead atoms. The number of phosphoric ester groups is 1. The highest BCUT2D eigenvalue weighted by Crippen LogP contribution is 2.43. The highest BCUT2D eigenvalue weighted by atomic mass is 31.2. The van der Waals surface area contributed by atoms with E-state index in [1.165, 1.54) is 116 Å². The second-order valence-electron chi connectivity index (χ2n) is 18.7. The van der Waals surface area contributed by atoms with Gasteiger partial charge in [-0.2, -0.15) is 0 Å². The summed E-state index contributed by atoms with van der Waals surface area (Å²) in [4.78, 5) is 48.4. The Morgan fingerprint density at radius 1 is 0.412 bits per heavy atom. The lowest BCUT2D eigenvalue weighted by atomic mass is 10.0.